The van der Waals surface area contributed by atoms with Gasteiger partial charge in [0.1, 0.15) is 5.76 Å². The largest absolute Gasteiger partial charge is 0.469 e. The van der Waals surface area contributed by atoms with Gasteiger partial charge in [-0.05, 0) is 48.4 Å². The summed E-state index contributed by atoms with van der Waals surface area (Å²) >= 11 is 0. The predicted octanol–water partition coefficient (Wildman–Crippen LogP) is 4.44. The lowest BCUT2D eigenvalue weighted by Crippen LogP contribution is -2.33. The van der Waals surface area contributed by atoms with E-state index in [1.54, 1.807) is 18.7 Å². The molecule has 0 amide bonds. The number of rotatable bonds is 2. The summed E-state index contributed by atoms with van der Waals surface area (Å²) in [6, 6.07) is 15.6. The van der Waals surface area contributed by atoms with Crippen LogP contribution >= 0.6 is 0 Å². The number of imidazole rings is 1. The lowest BCUT2D eigenvalue weighted by molar-refractivity contribution is -0.116. The van der Waals surface area contributed by atoms with Crippen molar-refractivity contribution < 1.29 is 9.21 Å². The average Bonchev–Trinajstić information content (AvgIpc) is 3.40. The summed E-state index contributed by atoms with van der Waals surface area (Å²) in [6.07, 6.45) is 6.37. The van der Waals surface area contributed by atoms with Crippen LogP contribution in [-0.2, 0) is 4.79 Å². The summed E-state index contributed by atoms with van der Waals surface area (Å²) in [6.45, 7) is 0. The fourth-order valence-electron chi connectivity index (χ4n) is 4.61. The van der Waals surface area contributed by atoms with Gasteiger partial charge in [-0.15, -0.1) is 0 Å². The Kier molecular flexibility index (Phi) is 3.47. The van der Waals surface area contributed by atoms with Gasteiger partial charge in [0.15, 0.2) is 5.78 Å². The number of benzene rings is 1. The second-order valence-corrected chi connectivity index (χ2v) is 7.54. The maximum atomic E-state index is 13.4. The monoisotopic (exact) mass is 382 g/mol. The summed E-state index contributed by atoms with van der Waals surface area (Å²) in [4.78, 5) is 22.4. The van der Waals surface area contributed by atoms with Gasteiger partial charge in [0.05, 0.1) is 23.3 Å². The van der Waals surface area contributed by atoms with Gasteiger partial charge in [0, 0.05) is 36.0 Å². The van der Waals surface area contributed by atoms with Crippen molar-refractivity contribution in [2.75, 3.05) is 5.32 Å². The molecule has 1 aromatic carbocycles. The molecule has 1 aliphatic heterocycles. The number of carbonyl (C=O) groups is 1. The second-order valence-electron chi connectivity index (χ2n) is 7.54. The molecule has 4 heterocycles. The zero-order valence-electron chi connectivity index (χ0n) is 15.6. The van der Waals surface area contributed by atoms with Crippen LogP contribution in [0.3, 0.4) is 0 Å². The fraction of sp³-hybridized carbons (Fsp3) is 0.174. The van der Waals surface area contributed by atoms with Crippen LogP contribution in [0.1, 0.15) is 36.1 Å². The zero-order valence-corrected chi connectivity index (χ0v) is 15.6. The molecule has 0 radical (unpaired) electrons. The van der Waals surface area contributed by atoms with Crippen molar-refractivity contribution in [3.8, 4) is 0 Å². The Morgan fingerprint density at radius 1 is 1.03 bits per heavy atom. The maximum absolute atomic E-state index is 13.4. The minimum Gasteiger partial charge on any atom is -0.469 e. The van der Waals surface area contributed by atoms with Crippen LogP contribution in [-0.4, -0.2) is 20.3 Å². The number of fused-ring (bicyclic) bond motifs is 3. The number of Topliss-reactive ketones (excluding diaryl/α,β-unsaturated/α-hetero) is 1. The molecule has 6 rings (SSSR count). The van der Waals surface area contributed by atoms with Gasteiger partial charge in [-0.2, -0.15) is 0 Å². The van der Waals surface area contributed by atoms with E-state index in [1.165, 1.54) is 0 Å². The summed E-state index contributed by atoms with van der Waals surface area (Å²) in [5, 5.41) is 3.46. The Bertz CT molecular complexity index is 1250. The third-order valence-corrected chi connectivity index (χ3v) is 5.87. The summed E-state index contributed by atoms with van der Waals surface area (Å²) in [7, 11) is 0. The first-order valence-electron chi connectivity index (χ1n) is 9.73. The molecule has 0 unspecified atom stereocenters. The van der Waals surface area contributed by atoms with E-state index in [1.807, 2.05) is 48.5 Å². The highest BCUT2D eigenvalue weighted by molar-refractivity contribution is 6.01. The molecule has 3 aromatic heterocycles. The van der Waals surface area contributed by atoms with Gasteiger partial charge in [0.25, 0.3) is 0 Å². The van der Waals surface area contributed by atoms with E-state index >= 15 is 0 Å². The minimum atomic E-state index is -0.221. The van der Waals surface area contributed by atoms with E-state index in [0.29, 0.717) is 6.42 Å². The van der Waals surface area contributed by atoms with E-state index in [-0.39, 0.29) is 17.7 Å². The molecular formula is C23H18N4O2. The Balaban J connectivity index is 1.56. The van der Waals surface area contributed by atoms with Crippen molar-refractivity contribution in [2.24, 2.45) is 0 Å². The number of pyridine rings is 1. The number of hydrogen-bond donors (Lipinski definition) is 1. The zero-order chi connectivity index (χ0) is 19.4. The van der Waals surface area contributed by atoms with Crippen molar-refractivity contribution in [3.63, 3.8) is 0 Å². The number of nitrogens with one attached hydrogen (secondary N) is 1. The predicted molar refractivity (Wildman–Crippen MR) is 108 cm³/mol. The lowest BCUT2D eigenvalue weighted by Gasteiger charge is -2.35. The second kappa shape index (κ2) is 6.17. The molecule has 6 heteroatoms. The molecule has 4 aromatic rings. The van der Waals surface area contributed by atoms with Gasteiger partial charge in [0.2, 0.25) is 5.95 Å². The summed E-state index contributed by atoms with van der Waals surface area (Å²) in [5.41, 5.74) is 4.69. The number of nitrogens with zero attached hydrogens (tertiary/aromatic N) is 3. The Morgan fingerprint density at radius 2 is 1.90 bits per heavy atom. The Labute approximate surface area is 166 Å². The van der Waals surface area contributed by atoms with E-state index in [2.05, 4.69) is 14.9 Å². The first-order chi connectivity index (χ1) is 14.3. The Morgan fingerprint density at radius 3 is 2.72 bits per heavy atom. The molecular weight excluding hydrogens is 364 g/mol. The smallest absolute Gasteiger partial charge is 0.209 e. The first-order valence-corrected chi connectivity index (χ1v) is 9.73. The number of hydrogen-bond acceptors (Lipinski definition) is 5. The number of carbonyl (C=O) groups excluding carboxylic acids is 1. The third-order valence-electron chi connectivity index (χ3n) is 5.87. The van der Waals surface area contributed by atoms with Gasteiger partial charge in [-0.1, -0.05) is 12.1 Å². The lowest BCUT2D eigenvalue weighted by atomic mass is 9.79. The van der Waals surface area contributed by atoms with Gasteiger partial charge in [-0.3, -0.25) is 14.3 Å². The van der Waals surface area contributed by atoms with E-state index < -0.39 is 0 Å². The molecule has 29 heavy (non-hydrogen) atoms. The standard InChI is InChI=1S/C23H18N4O2/c28-19-13-15(20-6-3-11-29-20)12-17-21(19)22(14-7-9-24-10-8-14)27-18-5-2-1-4-16(18)25-23(27)26-17/h1-11,15,22H,12-13H2,(H,25,26)/t15-,22-/m1/s1. The minimum absolute atomic E-state index is 0.0396. The molecule has 1 aliphatic carbocycles. The molecule has 6 nitrogen and oxygen atoms in total. The van der Waals surface area contributed by atoms with Crippen molar-refractivity contribution in [3.05, 3.63) is 89.8 Å². The third kappa shape index (κ3) is 2.45. The normalized spacial score (nSPS) is 21.0. The molecule has 0 fully saturated rings. The van der Waals surface area contributed by atoms with Crippen molar-refractivity contribution in [1.29, 1.82) is 0 Å². The molecule has 2 aliphatic rings. The summed E-state index contributed by atoms with van der Waals surface area (Å²) in [5.74, 6) is 1.80. The van der Waals surface area contributed by atoms with Crippen LogP contribution in [0.5, 0.6) is 0 Å². The van der Waals surface area contributed by atoms with Crippen LogP contribution in [0.25, 0.3) is 11.0 Å². The first kappa shape index (κ1) is 16.3. The van der Waals surface area contributed by atoms with Crippen LogP contribution in [0.15, 0.2) is 82.9 Å². The summed E-state index contributed by atoms with van der Waals surface area (Å²) < 4.78 is 7.73. The topological polar surface area (TPSA) is 73.0 Å². The highest BCUT2D eigenvalue weighted by atomic mass is 16.3. The molecule has 1 N–H and O–H groups in total. The van der Waals surface area contributed by atoms with Crippen molar-refractivity contribution in [2.45, 2.75) is 24.8 Å². The molecule has 0 bridgehead atoms. The molecule has 0 saturated carbocycles. The van der Waals surface area contributed by atoms with Crippen LogP contribution in [0.4, 0.5) is 5.95 Å². The fourth-order valence-corrected chi connectivity index (χ4v) is 4.61. The molecule has 0 saturated heterocycles. The Hall–Kier alpha value is -3.67. The highest BCUT2D eigenvalue weighted by Crippen LogP contribution is 2.45. The van der Waals surface area contributed by atoms with Crippen LogP contribution in [0, 0.1) is 0 Å². The van der Waals surface area contributed by atoms with Crippen LogP contribution in [0.2, 0.25) is 0 Å². The number of allylic oxidation sites excluding steroid dienone is 2. The van der Waals surface area contributed by atoms with E-state index in [0.717, 1.165) is 46.0 Å². The number of para-hydroxylation sites is 2. The molecule has 142 valence electrons. The number of aromatic nitrogens is 3. The number of anilines is 1. The van der Waals surface area contributed by atoms with E-state index in [9.17, 15) is 4.79 Å². The van der Waals surface area contributed by atoms with E-state index in [4.69, 9.17) is 9.40 Å². The number of furan rings is 1. The highest BCUT2D eigenvalue weighted by Gasteiger charge is 2.40. The van der Waals surface area contributed by atoms with Gasteiger partial charge < -0.3 is 9.73 Å². The van der Waals surface area contributed by atoms with Crippen LogP contribution < -0.4 is 5.32 Å². The average molecular weight is 382 g/mol. The van der Waals surface area contributed by atoms with Gasteiger partial charge >= 0.3 is 0 Å². The van der Waals surface area contributed by atoms with Crippen molar-refractivity contribution in [1.82, 2.24) is 14.5 Å². The van der Waals surface area contributed by atoms with Crippen molar-refractivity contribution >= 4 is 22.8 Å². The van der Waals surface area contributed by atoms with Gasteiger partial charge in [-0.25, -0.2) is 4.98 Å². The molecule has 0 spiro atoms. The maximum Gasteiger partial charge on any atom is 0.209 e. The molecule has 2 atom stereocenters. The quantitative estimate of drug-likeness (QED) is 0.555. The SMILES string of the molecule is O=C1C[C@H](c2ccco2)CC2=C1[C@@H](c1ccncc1)n1c(nc3ccccc31)N2. The number of ketones is 1.